The second kappa shape index (κ2) is 6.00. The van der Waals surface area contributed by atoms with Crippen LogP contribution in [0, 0.1) is 0 Å². The zero-order valence-corrected chi connectivity index (χ0v) is 11.1. The van der Waals surface area contributed by atoms with Crippen molar-refractivity contribution >= 4 is 22.4 Å². The minimum absolute atomic E-state index is 0.222. The normalized spacial score (nSPS) is 16.6. The molecule has 0 saturated carbocycles. The number of hydrogen-bond acceptors (Lipinski definition) is 4. The fourth-order valence-electron chi connectivity index (χ4n) is 2.09. The van der Waals surface area contributed by atoms with Gasteiger partial charge < -0.3 is 10.2 Å². The third-order valence-electron chi connectivity index (χ3n) is 3.06. The lowest BCUT2D eigenvalue weighted by Crippen LogP contribution is -2.33. The van der Waals surface area contributed by atoms with Crippen LogP contribution in [0.4, 0.5) is 5.13 Å². The van der Waals surface area contributed by atoms with Crippen molar-refractivity contribution in [3.63, 3.8) is 0 Å². The Morgan fingerprint density at radius 2 is 2.12 bits per heavy atom. The second-order valence-electron chi connectivity index (χ2n) is 4.37. The van der Waals surface area contributed by atoms with Gasteiger partial charge in [0, 0.05) is 25.5 Å². The summed E-state index contributed by atoms with van der Waals surface area (Å²) in [6.07, 6.45) is 5.24. The van der Waals surface area contributed by atoms with Crippen LogP contribution >= 0.6 is 11.3 Å². The average molecular weight is 253 g/mol. The molecule has 0 unspecified atom stereocenters. The van der Waals surface area contributed by atoms with Crippen molar-refractivity contribution in [2.75, 3.05) is 25.5 Å². The maximum Gasteiger partial charge on any atom is 0.228 e. The van der Waals surface area contributed by atoms with Gasteiger partial charge in [-0.15, -0.1) is 11.3 Å². The topological polar surface area (TPSA) is 45.2 Å². The van der Waals surface area contributed by atoms with E-state index in [2.05, 4.69) is 10.3 Å². The lowest BCUT2D eigenvalue weighted by molar-refractivity contribution is -0.130. The van der Waals surface area contributed by atoms with E-state index in [4.69, 9.17) is 0 Å². The first-order chi connectivity index (χ1) is 8.29. The smallest absolute Gasteiger partial charge is 0.228 e. The van der Waals surface area contributed by atoms with Crippen LogP contribution in [-0.2, 0) is 11.2 Å². The summed E-state index contributed by atoms with van der Waals surface area (Å²) in [5.41, 5.74) is 0.883. The van der Waals surface area contributed by atoms with Crippen LogP contribution in [0.25, 0.3) is 0 Å². The van der Waals surface area contributed by atoms with Crippen LogP contribution in [0.15, 0.2) is 5.38 Å². The number of aromatic nitrogens is 1. The predicted molar refractivity (Wildman–Crippen MR) is 70.4 cm³/mol. The quantitative estimate of drug-likeness (QED) is 0.897. The minimum Gasteiger partial charge on any atom is -0.365 e. The van der Waals surface area contributed by atoms with Crippen LogP contribution in [0.2, 0.25) is 0 Å². The molecule has 0 atom stereocenters. The third-order valence-corrected chi connectivity index (χ3v) is 3.97. The highest BCUT2D eigenvalue weighted by Crippen LogP contribution is 2.16. The zero-order chi connectivity index (χ0) is 12.1. The van der Waals surface area contributed by atoms with E-state index in [1.807, 2.05) is 17.3 Å². The summed E-state index contributed by atoms with van der Waals surface area (Å²) < 4.78 is 0. The van der Waals surface area contributed by atoms with Gasteiger partial charge in [0.15, 0.2) is 5.13 Å². The number of nitrogens with one attached hydrogen (secondary N) is 1. The standard InChI is InChI=1S/C12H19N3OS/c1-13-12-14-10(9-17-12)8-11(16)15-6-4-2-3-5-7-15/h9H,2-8H2,1H3,(H,13,14). The molecule has 1 aliphatic heterocycles. The van der Waals surface area contributed by atoms with E-state index in [-0.39, 0.29) is 5.91 Å². The van der Waals surface area contributed by atoms with Gasteiger partial charge in [-0.2, -0.15) is 0 Å². The highest BCUT2D eigenvalue weighted by molar-refractivity contribution is 7.13. The fourth-order valence-corrected chi connectivity index (χ4v) is 2.76. The molecule has 17 heavy (non-hydrogen) atoms. The van der Waals surface area contributed by atoms with Crippen molar-refractivity contribution in [2.24, 2.45) is 0 Å². The van der Waals surface area contributed by atoms with E-state index < -0.39 is 0 Å². The summed E-state index contributed by atoms with van der Waals surface area (Å²) in [6.45, 7) is 1.84. The molecule has 1 saturated heterocycles. The number of amides is 1. The molecule has 1 aliphatic rings. The Morgan fingerprint density at radius 3 is 2.71 bits per heavy atom. The molecule has 1 aromatic rings. The van der Waals surface area contributed by atoms with Crippen molar-refractivity contribution in [1.82, 2.24) is 9.88 Å². The number of hydrogen-bond donors (Lipinski definition) is 1. The van der Waals surface area contributed by atoms with Crippen LogP contribution in [0.5, 0.6) is 0 Å². The summed E-state index contributed by atoms with van der Waals surface area (Å²) in [4.78, 5) is 18.4. The third kappa shape index (κ3) is 3.43. The number of rotatable bonds is 3. The summed E-state index contributed by atoms with van der Waals surface area (Å²) in [6, 6.07) is 0. The van der Waals surface area contributed by atoms with E-state index >= 15 is 0 Å². The molecule has 1 amide bonds. The van der Waals surface area contributed by atoms with Gasteiger partial charge in [0.25, 0.3) is 0 Å². The minimum atomic E-state index is 0.222. The van der Waals surface area contributed by atoms with Gasteiger partial charge >= 0.3 is 0 Å². The molecule has 1 fully saturated rings. The average Bonchev–Trinajstić information content (AvgIpc) is 2.62. The SMILES string of the molecule is CNc1nc(CC(=O)N2CCCCCC2)cs1. The van der Waals surface area contributed by atoms with Gasteiger partial charge in [0.05, 0.1) is 12.1 Å². The second-order valence-corrected chi connectivity index (χ2v) is 5.22. The van der Waals surface area contributed by atoms with Gasteiger partial charge in [0.1, 0.15) is 0 Å². The summed E-state index contributed by atoms with van der Waals surface area (Å²) >= 11 is 1.55. The molecule has 0 bridgehead atoms. The van der Waals surface area contributed by atoms with Crippen molar-refractivity contribution in [3.8, 4) is 0 Å². The monoisotopic (exact) mass is 253 g/mol. The highest BCUT2D eigenvalue weighted by Gasteiger charge is 2.16. The Bertz CT molecular complexity index is 370. The molecule has 4 nitrogen and oxygen atoms in total. The molecule has 2 heterocycles. The molecule has 0 spiro atoms. The summed E-state index contributed by atoms with van der Waals surface area (Å²) in [5, 5.41) is 5.83. The zero-order valence-electron chi connectivity index (χ0n) is 10.2. The number of carbonyl (C=O) groups is 1. The van der Waals surface area contributed by atoms with E-state index in [1.165, 1.54) is 12.8 Å². The van der Waals surface area contributed by atoms with E-state index in [0.29, 0.717) is 6.42 Å². The molecular weight excluding hydrogens is 234 g/mol. The molecule has 0 aliphatic carbocycles. The molecular formula is C12H19N3OS. The van der Waals surface area contributed by atoms with E-state index in [1.54, 1.807) is 11.3 Å². The maximum absolute atomic E-state index is 12.1. The van der Waals surface area contributed by atoms with Crippen molar-refractivity contribution in [1.29, 1.82) is 0 Å². The molecule has 0 radical (unpaired) electrons. The predicted octanol–water partition coefficient (Wildman–Crippen LogP) is 2.13. The number of anilines is 1. The molecule has 0 aromatic carbocycles. The number of carbonyl (C=O) groups excluding carboxylic acids is 1. The van der Waals surface area contributed by atoms with Crippen LogP contribution in [0.1, 0.15) is 31.4 Å². The number of nitrogens with zero attached hydrogens (tertiary/aromatic N) is 2. The van der Waals surface area contributed by atoms with E-state index in [0.717, 1.165) is 36.8 Å². The number of thiazole rings is 1. The van der Waals surface area contributed by atoms with Crippen molar-refractivity contribution < 1.29 is 4.79 Å². The van der Waals surface area contributed by atoms with E-state index in [9.17, 15) is 4.79 Å². The van der Waals surface area contributed by atoms with Gasteiger partial charge in [-0.05, 0) is 12.8 Å². The largest absolute Gasteiger partial charge is 0.365 e. The van der Waals surface area contributed by atoms with Crippen molar-refractivity contribution in [2.45, 2.75) is 32.1 Å². The maximum atomic E-state index is 12.1. The Balaban J connectivity index is 1.90. The molecule has 5 heteroatoms. The highest BCUT2D eigenvalue weighted by atomic mass is 32.1. The van der Waals surface area contributed by atoms with Crippen LogP contribution in [-0.4, -0.2) is 35.9 Å². The number of likely N-dealkylation sites (tertiary alicyclic amines) is 1. The molecule has 94 valence electrons. The molecule has 1 N–H and O–H groups in total. The van der Waals surface area contributed by atoms with Crippen LogP contribution in [0.3, 0.4) is 0 Å². The van der Waals surface area contributed by atoms with Gasteiger partial charge in [-0.25, -0.2) is 4.98 Å². The summed E-state index contributed by atoms with van der Waals surface area (Å²) in [7, 11) is 1.85. The Labute approximate surface area is 106 Å². The lowest BCUT2D eigenvalue weighted by Gasteiger charge is -2.19. The van der Waals surface area contributed by atoms with Gasteiger partial charge in [-0.1, -0.05) is 12.8 Å². The first-order valence-electron chi connectivity index (χ1n) is 6.19. The van der Waals surface area contributed by atoms with Crippen LogP contribution < -0.4 is 5.32 Å². The van der Waals surface area contributed by atoms with Gasteiger partial charge in [0.2, 0.25) is 5.91 Å². The Kier molecular flexibility index (Phi) is 4.36. The first-order valence-corrected chi connectivity index (χ1v) is 7.07. The molecule has 1 aromatic heterocycles. The Morgan fingerprint density at radius 1 is 1.41 bits per heavy atom. The van der Waals surface area contributed by atoms with Gasteiger partial charge in [-0.3, -0.25) is 4.79 Å². The lowest BCUT2D eigenvalue weighted by atomic mass is 10.2. The first kappa shape index (κ1) is 12.4. The summed E-state index contributed by atoms with van der Waals surface area (Å²) in [5.74, 6) is 0.222. The molecule has 2 rings (SSSR count). The Hall–Kier alpha value is -1.10. The van der Waals surface area contributed by atoms with Crippen molar-refractivity contribution in [3.05, 3.63) is 11.1 Å². The fraction of sp³-hybridized carbons (Fsp3) is 0.667.